The zero-order valence-corrected chi connectivity index (χ0v) is 16.7. The maximum atomic E-state index is 12.5. The standard InChI is InChI=1S/C20H20F2N2O4S/c1-12-3-5-16(27-12)19-24-14(11-29-19)10-18(25)23-8-7-13-4-6-15(26-2)17(9-13)28-20(21)22/h3-6,9,11,20H,7-8,10H2,1-2H3,(H,23,25). The number of hydrogen-bond acceptors (Lipinski definition) is 6. The van der Waals surface area contributed by atoms with Gasteiger partial charge in [-0.1, -0.05) is 6.07 Å². The highest BCUT2D eigenvalue weighted by molar-refractivity contribution is 7.13. The predicted molar refractivity (Wildman–Crippen MR) is 105 cm³/mol. The molecule has 6 nitrogen and oxygen atoms in total. The van der Waals surface area contributed by atoms with Gasteiger partial charge in [0, 0.05) is 11.9 Å². The molecule has 0 saturated carbocycles. The van der Waals surface area contributed by atoms with Gasteiger partial charge in [0.25, 0.3) is 0 Å². The van der Waals surface area contributed by atoms with Gasteiger partial charge in [0.1, 0.15) is 5.76 Å². The van der Waals surface area contributed by atoms with Gasteiger partial charge in [-0.3, -0.25) is 4.79 Å². The monoisotopic (exact) mass is 422 g/mol. The van der Waals surface area contributed by atoms with Crippen molar-refractivity contribution in [3.8, 4) is 22.3 Å². The minimum absolute atomic E-state index is 0.0329. The average molecular weight is 422 g/mol. The molecule has 1 aromatic carbocycles. The van der Waals surface area contributed by atoms with Crippen LogP contribution in [0.2, 0.25) is 0 Å². The summed E-state index contributed by atoms with van der Waals surface area (Å²) in [7, 11) is 1.38. The molecule has 154 valence electrons. The minimum atomic E-state index is -2.94. The molecular weight excluding hydrogens is 402 g/mol. The molecule has 0 unspecified atom stereocenters. The predicted octanol–water partition coefficient (Wildman–Crippen LogP) is 4.22. The van der Waals surface area contributed by atoms with E-state index in [9.17, 15) is 13.6 Å². The van der Waals surface area contributed by atoms with Crippen LogP contribution >= 0.6 is 11.3 Å². The molecule has 1 amide bonds. The van der Waals surface area contributed by atoms with Crippen LogP contribution in [0.25, 0.3) is 10.8 Å². The summed E-state index contributed by atoms with van der Waals surface area (Å²) in [6.07, 6.45) is 0.613. The number of furan rings is 1. The van der Waals surface area contributed by atoms with Crippen LogP contribution in [0.1, 0.15) is 17.0 Å². The van der Waals surface area contributed by atoms with E-state index in [0.29, 0.717) is 24.4 Å². The Hall–Kier alpha value is -2.94. The van der Waals surface area contributed by atoms with Crippen molar-refractivity contribution >= 4 is 17.2 Å². The Morgan fingerprint density at radius 3 is 2.79 bits per heavy atom. The van der Waals surface area contributed by atoms with Crippen molar-refractivity contribution in [3.63, 3.8) is 0 Å². The molecular formula is C20H20F2N2O4S. The Labute approximate surface area is 170 Å². The van der Waals surface area contributed by atoms with Crippen LogP contribution in [0.5, 0.6) is 11.5 Å². The molecule has 0 aliphatic carbocycles. The lowest BCUT2D eigenvalue weighted by molar-refractivity contribution is -0.120. The molecule has 0 atom stereocenters. The molecule has 0 radical (unpaired) electrons. The Morgan fingerprint density at radius 2 is 2.10 bits per heavy atom. The zero-order chi connectivity index (χ0) is 20.8. The fourth-order valence-corrected chi connectivity index (χ4v) is 3.47. The number of rotatable bonds is 9. The van der Waals surface area contributed by atoms with Crippen molar-refractivity contribution in [1.82, 2.24) is 10.3 Å². The second-order valence-corrected chi connectivity index (χ2v) is 7.05. The summed E-state index contributed by atoms with van der Waals surface area (Å²) in [5.74, 6) is 1.50. The van der Waals surface area contributed by atoms with Crippen LogP contribution in [-0.4, -0.2) is 31.2 Å². The quantitative estimate of drug-likeness (QED) is 0.559. The lowest BCUT2D eigenvalue weighted by Gasteiger charge is -2.11. The SMILES string of the molecule is COc1ccc(CCNC(=O)Cc2csc(-c3ccc(C)o3)n2)cc1OC(F)F. The van der Waals surface area contributed by atoms with E-state index in [1.54, 1.807) is 12.1 Å². The third kappa shape index (κ3) is 5.77. The number of nitrogens with zero attached hydrogens (tertiary/aromatic N) is 1. The average Bonchev–Trinajstić information content (AvgIpc) is 3.30. The summed E-state index contributed by atoms with van der Waals surface area (Å²) in [4.78, 5) is 16.6. The normalized spacial score (nSPS) is 10.9. The maximum Gasteiger partial charge on any atom is 0.387 e. The van der Waals surface area contributed by atoms with Gasteiger partial charge in [-0.15, -0.1) is 11.3 Å². The minimum Gasteiger partial charge on any atom is -0.493 e. The van der Waals surface area contributed by atoms with E-state index in [4.69, 9.17) is 9.15 Å². The molecule has 0 saturated heterocycles. The van der Waals surface area contributed by atoms with E-state index in [1.807, 2.05) is 24.4 Å². The molecule has 0 aliphatic heterocycles. The number of aromatic nitrogens is 1. The first-order valence-corrected chi connectivity index (χ1v) is 9.72. The van der Waals surface area contributed by atoms with E-state index in [0.717, 1.165) is 16.3 Å². The maximum absolute atomic E-state index is 12.5. The summed E-state index contributed by atoms with van der Waals surface area (Å²) < 4.78 is 40.0. The topological polar surface area (TPSA) is 73.6 Å². The lowest BCUT2D eigenvalue weighted by atomic mass is 10.1. The number of halogens is 2. The van der Waals surface area contributed by atoms with Gasteiger partial charge in [0.2, 0.25) is 5.91 Å². The van der Waals surface area contributed by atoms with Gasteiger partial charge in [0.15, 0.2) is 22.3 Å². The Morgan fingerprint density at radius 1 is 1.28 bits per heavy atom. The molecule has 0 spiro atoms. The third-order valence-corrected chi connectivity index (χ3v) is 4.93. The van der Waals surface area contributed by atoms with Gasteiger partial charge >= 0.3 is 6.61 Å². The molecule has 29 heavy (non-hydrogen) atoms. The molecule has 2 aromatic heterocycles. The largest absolute Gasteiger partial charge is 0.493 e. The van der Waals surface area contributed by atoms with Crippen LogP contribution < -0.4 is 14.8 Å². The van der Waals surface area contributed by atoms with Crippen LogP contribution in [0.4, 0.5) is 8.78 Å². The lowest BCUT2D eigenvalue weighted by Crippen LogP contribution is -2.27. The molecule has 2 heterocycles. The second-order valence-electron chi connectivity index (χ2n) is 6.19. The molecule has 3 aromatic rings. The van der Waals surface area contributed by atoms with Crippen molar-refractivity contribution in [3.05, 3.63) is 52.7 Å². The number of nitrogens with one attached hydrogen (secondary N) is 1. The van der Waals surface area contributed by atoms with Gasteiger partial charge in [0.05, 0.1) is 19.2 Å². The Balaban J connectivity index is 1.50. The van der Waals surface area contributed by atoms with E-state index in [2.05, 4.69) is 15.0 Å². The van der Waals surface area contributed by atoms with E-state index < -0.39 is 6.61 Å². The first-order chi connectivity index (χ1) is 13.9. The van der Waals surface area contributed by atoms with E-state index >= 15 is 0 Å². The highest BCUT2D eigenvalue weighted by Crippen LogP contribution is 2.29. The summed E-state index contributed by atoms with van der Waals surface area (Å²) in [5.41, 5.74) is 1.40. The zero-order valence-electron chi connectivity index (χ0n) is 15.9. The highest BCUT2D eigenvalue weighted by atomic mass is 32.1. The summed E-state index contributed by atoms with van der Waals surface area (Å²) in [6.45, 7) is -0.725. The van der Waals surface area contributed by atoms with Crippen LogP contribution in [0, 0.1) is 6.92 Å². The Bertz CT molecular complexity index is 971. The number of carbonyl (C=O) groups is 1. The molecule has 0 bridgehead atoms. The number of ether oxygens (including phenoxy) is 2. The van der Waals surface area contributed by atoms with Gasteiger partial charge in [-0.25, -0.2) is 4.98 Å². The molecule has 0 fully saturated rings. The van der Waals surface area contributed by atoms with Crippen molar-refractivity contribution in [2.45, 2.75) is 26.4 Å². The van der Waals surface area contributed by atoms with E-state index in [1.165, 1.54) is 24.5 Å². The number of benzene rings is 1. The molecule has 9 heteroatoms. The second kappa shape index (κ2) is 9.51. The molecule has 0 aliphatic rings. The number of alkyl halides is 2. The number of thiazole rings is 1. The van der Waals surface area contributed by atoms with E-state index in [-0.39, 0.29) is 23.8 Å². The number of carbonyl (C=O) groups excluding carboxylic acids is 1. The van der Waals surface area contributed by atoms with Crippen LogP contribution in [0.3, 0.4) is 0 Å². The molecule has 3 rings (SSSR count). The summed E-state index contributed by atoms with van der Waals surface area (Å²) in [6, 6.07) is 8.48. The highest BCUT2D eigenvalue weighted by Gasteiger charge is 2.13. The number of hydrogen-bond donors (Lipinski definition) is 1. The summed E-state index contributed by atoms with van der Waals surface area (Å²) >= 11 is 1.42. The summed E-state index contributed by atoms with van der Waals surface area (Å²) in [5, 5.41) is 5.35. The van der Waals surface area contributed by atoms with Crippen LogP contribution in [-0.2, 0) is 17.6 Å². The van der Waals surface area contributed by atoms with Gasteiger partial charge in [-0.2, -0.15) is 8.78 Å². The number of amides is 1. The van der Waals surface area contributed by atoms with Gasteiger partial charge < -0.3 is 19.2 Å². The van der Waals surface area contributed by atoms with Gasteiger partial charge in [-0.05, 0) is 43.2 Å². The molecule has 1 N–H and O–H groups in total. The Kier molecular flexibility index (Phi) is 6.82. The van der Waals surface area contributed by atoms with Crippen molar-refractivity contribution in [2.24, 2.45) is 0 Å². The first kappa shape index (κ1) is 20.8. The van der Waals surface area contributed by atoms with Crippen molar-refractivity contribution in [1.29, 1.82) is 0 Å². The third-order valence-electron chi connectivity index (χ3n) is 4.02. The fourth-order valence-electron chi connectivity index (χ4n) is 2.69. The number of aryl methyl sites for hydroxylation is 1. The van der Waals surface area contributed by atoms with Crippen LogP contribution in [0.15, 0.2) is 40.1 Å². The first-order valence-electron chi connectivity index (χ1n) is 8.84. The van der Waals surface area contributed by atoms with Crippen molar-refractivity contribution in [2.75, 3.05) is 13.7 Å². The number of methoxy groups -OCH3 is 1. The fraction of sp³-hybridized carbons (Fsp3) is 0.300. The van der Waals surface area contributed by atoms with Crippen molar-refractivity contribution < 1.29 is 27.5 Å². The smallest absolute Gasteiger partial charge is 0.387 e.